The summed E-state index contributed by atoms with van der Waals surface area (Å²) in [6, 6.07) is 19.3. The van der Waals surface area contributed by atoms with Crippen molar-refractivity contribution < 1.29 is 4.79 Å². The van der Waals surface area contributed by atoms with Gasteiger partial charge in [-0.05, 0) is 31.2 Å². The summed E-state index contributed by atoms with van der Waals surface area (Å²) in [6.45, 7) is 2.12. The quantitative estimate of drug-likeness (QED) is 0.560. The molecule has 0 aliphatic carbocycles. The number of para-hydroxylation sites is 2. The number of aromatic nitrogens is 4. The summed E-state index contributed by atoms with van der Waals surface area (Å²) in [5.74, 6) is -0.267. The van der Waals surface area contributed by atoms with Gasteiger partial charge in [-0.1, -0.05) is 48.0 Å². The molecule has 0 aliphatic heterocycles. The first-order valence-electron chi connectivity index (χ1n) is 8.81. The van der Waals surface area contributed by atoms with Gasteiger partial charge in [0.2, 0.25) is 0 Å². The fourth-order valence-electron chi connectivity index (χ4n) is 2.94. The first-order valence-corrected chi connectivity index (χ1v) is 9.19. The van der Waals surface area contributed by atoms with Gasteiger partial charge in [-0.25, -0.2) is 9.36 Å². The fourth-order valence-corrected chi connectivity index (χ4v) is 3.30. The van der Waals surface area contributed by atoms with Crippen molar-refractivity contribution in [3.05, 3.63) is 95.0 Å². The minimum absolute atomic E-state index is 0.267. The Labute approximate surface area is 167 Å². The molecular weight excluding hydrogens is 374 g/mol. The van der Waals surface area contributed by atoms with E-state index in [1.54, 1.807) is 22.5 Å². The van der Waals surface area contributed by atoms with E-state index >= 15 is 0 Å². The number of halogens is 1. The second kappa shape index (κ2) is 7.70. The lowest BCUT2D eigenvalue weighted by molar-refractivity contribution is 0.0950. The molecule has 0 saturated heterocycles. The Morgan fingerprint density at radius 2 is 1.68 bits per heavy atom. The Morgan fingerprint density at radius 1 is 1.04 bits per heavy atom. The standard InChI is InChI=1S/C21H18ClN5O/c1-15-19(20(22)27(25-15)18-10-6-3-7-11-18)21(28)23-12-16-13-24-26(14-16)17-8-4-2-5-9-17/h2-11,13-14H,12H2,1H3,(H,23,28). The zero-order chi connectivity index (χ0) is 19.5. The molecule has 0 fully saturated rings. The third-order valence-electron chi connectivity index (χ3n) is 4.34. The van der Waals surface area contributed by atoms with Crippen molar-refractivity contribution in [1.29, 1.82) is 0 Å². The Balaban J connectivity index is 1.49. The maximum atomic E-state index is 12.7. The maximum absolute atomic E-state index is 12.7. The van der Waals surface area contributed by atoms with Crippen molar-refractivity contribution in [1.82, 2.24) is 24.9 Å². The molecule has 0 spiro atoms. The molecule has 4 rings (SSSR count). The van der Waals surface area contributed by atoms with Gasteiger partial charge in [0, 0.05) is 18.3 Å². The molecule has 0 aliphatic rings. The number of carbonyl (C=O) groups excluding carboxylic acids is 1. The molecule has 1 amide bonds. The number of benzene rings is 2. The predicted molar refractivity (Wildman–Crippen MR) is 108 cm³/mol. The van der Waals surface area contributed by atoms with Crippen LogP contribution in [0.4, 0.5) is 0 Å². The van der Waals surface area contributed by atoms with E-state index in [-0.39, 0.29) is 5.91 Å². The Kier molecular flexibility index (Phi) is 4.95. The van der Waals surface area contributed by atoms with E-state index in [1.165, 1.54) is 0 Å². The van der Waals surface area contributed by atoms with Crippen molar-refractivity contribution in [2.75, 3.05) is 0 Å². The summed E-state index contributed by atoms with van der Waals surface area (Å²) in [5, 5.41) is 11.9. The SMILES string of the molecule is Cc1nn(-c2ccccc2)c(Cl)c1C(=O)NCc1cnn(-c2ccccc2)c1. The van der Waals surface area contributed by atoms with Crippen molar-refractivity contribution in [2.24, 2.45) is 0 Å². The van der Waals surface area contributed by atoms with Crippen molar-refractivity contribution in [3.63, 3.8) is 0 Å². The molecule has 0 unspecified atom stereocenters. The largest absolute Gasteiger partial charge is 0.348 e. The van der Waals surface area contributed by atoms with Crippen LogP contribution in [-0.2, 0) is 6.54 Å². The highest BCUT2D eigenvalue weighted by molar-refractivity contribution is 6.33. The minimum atomic E-state index is -0.267. The van der Waals surface area contributed by atoms with Crippen molar-refractivity contribution >= 4 is 17.5 Å². The molecule has 2 heterocycles. The molecule has 1 N–H and O–H groups in total. The highest BCUT2D eigenvalue weighted by Crippen LogP contribution is 2.23. The molecule has 4 aromatic rings. The van der Waals surface area contributed by atoms with Crippen LogP contribution < -0.4 is 5.32 Å². The first kappa shape index (κ1) is 18.0. The van der Waals surface area contributed by atoms with Gasteiger partial charge in [0.1, 0.15) is 5.15 Å². The molecule has 28 heavy (non-hydrogen) atoms. The average Bonchev–Trinajstić information content (AvgIpc) is 3.32. The molecule has 0 bridgehead atoms. The number of hydrogen-bond donors (Lipinski definition) is 1. The van der Waals surface area contributed by atoms with Crippen LogP contribution in [0, 0.1) is 6.92 Å². The molecule has 2 aromatic carbocycles. The van der Waals surface area contributed by atoms with E-state index in [2.05, 4.69) is 15.5 Å². The number of hydrogen-bond acceptors (Lipinski definition) is 3. The zero-order valence-corrected chi connectivity index (χ0v) is 16.0. The van der Waals surface area contributed by atoms with E-state index in [9.17, 15) is 4.79 Å². The summed E-state index contributed by atoms with van der Waals surface area (Å²) in [7, 11) is 0. The summed E-state index contributed by atoms with van der Waals surface area (Å²) in [5.41, 5.74) is 3.61. The van der Waals surface area contributed by atoms with Crippen LogP contribution in [0.5, 0.6) is 0 Å². The molecule has 0 radical (unpaired) electrons. The third kappa shape index (κ3) is 3.54. The predicted octanol–water partition coefficient (Wildman–Crippen LogP) is 3.95. The molecule has 140 valence electrons. The van der Waals surface area contributed by atoms with Crippen LogP contribution in [0.25, 0.3) is 11.4 Å². The minimum Gasteiger partial charge on any atom is -0.348 e. The highest BCUT2D eigenvalue weighted by atomic mass is 35.5. The molecule has 2 aromatic heterocycles. The normalized spacial score (nSPS) is 10.8. The third-order valence-corrected chi connectivity index (χ3v) is 4.69. The smallest absolute Gasteiger partial charge is 0.256 e. The molecule has 6 nitrogen and oxygen atoms in total. The van der Waals surface area contributed by atoms with Gasteiger partial charge in [0.05, 0.1) is 28.8 Å². The second-order valence-electron chi connectivity index (χ2n) is 6.31. The lowest BCUT2D eigenvalue weighted by Gasteiger charge is -2.05. The Morgan fingerprint density at radius 3 is 2.36 bits per heavy atom. The van der Waals surface area contributed by atoms with Gasteiger partial charge in [-0.15, -0.1) is 0 Å². The highest BCUT2D eigenvalue weighted by Gasteiger charge is 2.21. The monoisotopic (exact) mass is 391 g/mol. The van der Waals surface area contributed by atoms with E-state index < -0.39 is 0 Å². The lowest BCUT2D eigenvalue weighted by atomic mass is 10.2. The lowest BCUT2D eigenvalue weighted by Crippen LogP contribution is -2.23. The number of carbonyl (C=O) groups is 1. The maximum Gasteiger partial charge on any atom is 0.256 e. The van der Waals surface area contributed by atoms with Gasteiger partial charge in [-0.3, -0.25) is 4.79 Å². The number of aryl methyl sites for hydroxylation is 1. The van der Waals surface area contributed by atoms with Crippen molar-refractivity contribution in [2.45, 2.75) is 13.5 Å². The summed E-state index contributed by atoms with van der Waals surface area (Å²) in [4.78, 5) is 12.7. The van der Waals surface area contributed by atoms with E-state index in [0.29, 0.717) is 23.0 Å². The average molecular weight is 392 g/mol. The van der Waals surface area contributed by atoms with Gasteiger partial charge in [0.15, 0.2) is 0 Å². The number of nitrogens with one attached hydrogen (secondary N) is 1. The number of nitrogens with zero attached hydrogens (tertiary/aromatic N) is 4. The van der Waals surface area contributed by atoms with Crippen LogP contribution in [-0.4, -0.2) is 25.5 Å². The van der Waals surface area contributed by atoms with Gasteiger partial charge in [-0.2, -0.15) is 10.2 Å². The topological polar surface area (TPSA) is 64.7 Å². The molecular formula is C21H18ClN5O. The summed E-state index contributed by atoms with van der Waals surface area (Å²) >= 11 is 6.45. The molecule has 0 saturated carbocycles. The van der Waals surface area contributed by atoms with E-state index in [4.69, 9.17) is 11.6 Å². The first-order chi connectivity index (χ1) is 13.6. The zero-order valence-electron chi connectivity index (χ0n) is 15.2. The summed E-state index contributed by atoms with van der Waals surface area (Å²) < 4.78 is 3.34. The second-order valence-corrected chi connectivity index (χ2v) is 6.67. The van der Waals surface area contributed by atoms with E-state index in [0.717, 1.165) is 16.9 Å². The summed E-state index contributed by atoms with van der Waals surface area (Å²) in [6.07, 6.45) is 3.62. The molecule has 7 heteroatoms. The number of rotatable bonds is 5. The fraction of sp³-hybridized carbons (Fsp3) is 0.0952. The number of amides is 1. The van der Waals surface area contributed by atoms with E-state index in [1.807, 2.05) is 66.9 Å². The van der Waals surface area contributed by atoms with Crippen LogP contribution in [0.2, 0.25) is 5.15 Å². The van der Waals surface area contributed by atoms with Crippen molar-refractivity contribution in [3.8, 4) is 11.4 Å². The van der Waals surface area contributed by atoms with Crippen LogP contribution in [0.3, 0.4) is 0 Å². The van der Waals surface area contributed by atoms with Gasteiger partial charge < -0.3 is 5.32 Å². The van der Waals surface area contributed by atoms with Crippen LogP contribution >= 0.6 is 11.6 Å². The molecule has 0 atom stereocenters. The van der Waals surface area contributed by atoms with Crippen LogP contribution in [0.15, 0.2) is 73.1 Å². The Hall–Kier alpha value is -3.38. The Bertz CT molecular complexity index is 1100. The van der Waals surface area contributed by atoms with Gasteiger partial charge in [0.25, 0.3) is 5.91 Å². The van der Waals surface area contributed by atoms with Crippen LogP contribution in [0.1, 0.15) is 21.6 Å². The van der Waals surface area contributed by atoms with Gasteiger partial charge >= 0.3 is 0 Å².